The number of fused-ring (bicyclic) bond motifs is 1. The Balaban J connectivity index is 2.09. The Labute approximate surface area is 182 Å². The number of aromatic hydroxyl groups is 2. The smallest absolute Gasteiger partial charge is 0.343 e. The molecule has 0 bridgehead atoms. The molecule has 5 nitrogen and oxygen atoms in total. The van der Waals surface area contributed by atoms with Gasteiger partial charge in [0.1, 0.15) is 28.9 Å². The number of hydrogen-bond acceptors (Lipinski definition) is 5. The van der Waals surface area contributed by atoms with Gasteiger partial charge in [-0.15, -0.1) is 0 Å². The number of ether oxygens (including phenoxy) is 1. The zero-order valence-corrected chi connectivity index (χ0v) is 17.5. The lowest BCUT2D eigenvalue weighted by atomic mass is 9.99. The van der Waals surface area contributed by atoms with E-state index in [-0.39, 0.29) is 29.3 Å². The summed E-state index contributed by atoms with van der Waals surface area (Å²) in [5.41, 5.74) is 1.77. The van der Waals surface area contributed by atoms with Crippen molar-refractivity contribution < 1.29 is 24.5 Å². The van der Waals surface area contributed by atoms with E-state index in [9.17, 15) is 19.8 Å². The van der Waals surface area contributed by atoms with Gasteiger partial charge < -0.3 is 14.9 Å². The molecular weight excluding hydrogens is 392 g/mol. The number of benzene rings is 2. The molecule has 5 heteroatoms. The highest BCUT2D eigenvalue weighted by atomic mass is 16.5. The molecule has 0 aliphatic carbocycles. The summed E-state index contributed by atoms with van der Waals surface area (Å²) in [7, 11) is 0. The van der Waals surface area contributed by atoms with Crippen LogP contribution in [0.3, 0.4) is 0 Å². The molecule has 0 unspecified atom stereocenters. The quantitative estimate of drug-likeness (QED) is 0.497. The number of ketones is 1. The van der Waals surface area contributed by atoms with Crippen molar-refractivity contribution in [3.8, 4) is 11.5 Å². The predicted octanol–water partition coefficient (Wildman–Crippen LogP) is 5.65. The van der Waals surface area contributed by atoms with E-state index in [1.165, 1.54) is 13.0 Å². The molecule has 0 aromatic heterocycles. The first-order valence-electron chi connectivity index (χ1n) is 10.3. The monoisotopic (exact) mass is 418 g/mol. The number of esters is 1. The second-order valence-corrected chi connectivity index (χ2v) is 7.52. The number of hydrogen-bond donors (Lipinski definition) is 2. The van der Waals surface area contributed by atoms with E-state index in [2.05, 4.69) is 0 Å². The maximum atomic E-state index is 13.1. The zero-order chi connectivity index (χ0) is 22.2. The third kappa shape index (κ3) is 6.19. The maximum absolute atomic E-state index is 13.1. The number of phenolic OH excluding ortho intramolecular Hbond substituents is 2. The van der Waals surface area contributed by atoms with Gasteiger partial charge in [0, 0.05) is 18.9 Å². The molecule has 0 amide bonds. The Hall–Kier alpha value is -3.60. The van der Waals surface area contributed by atoms with Crippen molar-refractivity contribution in [3.05, 3.63) is 89.0 Å². The van der Waals surface area contributed by atoms with E-state index in [0.29, 0.717) is 17.6 Å². The minimum absolute atomic E-state index is 0.0328. The summed E-state index contributed by atoms with van der Waals surface area (Å²) < 4.78 is 5.80. The van der Waals surface area contributed by atoms with Gasteiger partial charge in [0.25, 0.3) is 0 Å². The molecule has 160 valence electrons. The lowest BCUT2D eigenvalue weighted by molar-refractivity contribution is -0.116. The lowest BCUT2D eigenvalue weighted by Crippen LogP contribution is -2.13. The van der Waals surface area contributed by atoms with Gasteiger partial charge in [0.2, 0.25) is 0 Å². The largest absolute Gasteiger partial charge is 0.508 e. The van der Waals surface area contributed by atoms with E-state index in [0.717, 1.165) is 24.5 Å². The van der Waals surface area contributed by atoms with Gasteiger partial charge in [-0.1, -0.05) is 60.7 Å². The van der Waals surface area contributed by atoms with Crippen LogP contribution in [0.1, 0.15) is 60.2 Å². The summed E-state index contributed by atoms with van der Waals surface area (Å²) in [6.45, 7) is 1.49. The number of rotatable bonds is 3. The Morgan fingerprint density at radius 3 is 2.55 bits per heavy atom. The van der Waals surface area contributed by atoms with Gasteiger partial charge in [0.15, 0.2) is 0 Å². The number of phenols is 2. The third-order valence-electron chi connectivity index (χ3n) is 4.90. The molecule has 0 saturated carbocycles. The van der Waals surface area contributed by atoms with Gasteiger partial charge in [0.05, 0.1) is 0 Å². The Kier molecular flexibility index (Phi) is 7.44. The SMILES string of the molecule is CC(=O)CC1=C\c2cc(O)cc(O)c2C(=O)O[C@@H](c2ccccc2)C/C=C/CC\C=C\1. The van der Waals surface area contributed by atoms with Crippen molar-refractivity contribution in [1.82, 2.24) is 0 Å². The average Bonchev–Trinajstić information content (AvgIpc) is 2.71. The molecule has 1 heterocycles. The van der Waals surface area contributed by atoms with Gasteiger partial charge >= 0.3 is 5.97 Å². The van der Waals surface area contributed by atoms with Crippen LogP contribution in [0.4, 0.5) is 0 Å². The van der Waals surface area contributed by atoms with Crippen molar-refractivity contribution in [2.45, 2.75) is 38.7 Å². The molecule has 2 aromatic carbocycles. The third-order valence-corrected chi connectivity index (χ3v) is 4.90. The second kappa shape index (κ2) is 10.4. The fourth-order valence-corrected chi connectivity index (χ4v) is 3.49. The minimum Gasteiger partial charge on any atom is -0.508 e. The molecule has 0 saturated heterocycles. The minimum atomic E-state index is -0.700. The standard InChI is InChI=1S/C26H26O5/c1-18(27)14-19-10-6-3-2-4-9-13-24(20-11-7-5-8-12-20)31-26(30)25-21(15-19)16-22(28)17-23(25)29/h4-12,15-17,24,28-29H,2-3,13-14H2,1H3/b9-4+,10-6+,19-15-/t24-/m1/s1. The average molecular weight is 418 g/mol. The fraction of sp³-hybridized carbons (Fsp3) is 0.231. The summed E-state index contributed by atoms with van der Waals surface area (Å²) in [6.07, 6.45) is 11.2. The summed E-state index contributed by atoms with van der Waals surface area (Å²) in [5, 5.41) is 20.4. The molecular formula is C26H26O5. The normalized spacial score (nSPS) is 21.0. The number of carbonyl (C=O) groups is 2. The van der Waals surface area contributed by atoms with Crippen LogP contribution in [0.5, 0.6) is 11.5 Å². The number of allylic oxidation sites excluding steroid dienone is 4. The summed E-state index contributed by atoms with van der Waals surface area (Å²) in [5.74, 6) is -1.30. The van der Waals surface area contributed by atoms with Crippen LogP contribution in [-0.2, 0) is 9.53 Å². The number of carbonyl (C=O) groups excluding carboxylic acids is 2. The van der Waals surface area contributed by atoms with Crippen LogP contribution < -0.4 is 0 Å². The highest BCUT2D eigenvalue weighted by molar-refractivity contribution is 5.97. The fourth-order valence-electron chi connectivity index (χ4n) is 3.49. The highest BCUT2D eigenvalue weighted by Gasteiger charge is 2.23. The van der Waals surface area contributed by atoms with E-state index in [4.69, 9.17) is 4.74 Å². The molecule has 3 rings (SSSR count). The lowest BCUT2D eigenvalue weighted by Gasteiger charge is -2.19. The second-order valence-electron chi connectivity index (χ2n) is 7.52. The van der Waals surface area contributed by atoms with Crippen molar-refractivity contribution in [1.29, 1.82) is 0 Å². The van der Waals surface area contributed by atoms with Gasteiger partial charge in [-0.3, -0.25) is 4.79 Å². The van der Waals surface area contributed by atoms with Crippen LogP contribution in [0.25, 0.3) is 6.08 Å². The van der Waals surface area contributed by atoms with Crippen molar-refractivity contribution in [3.63, 3.8) is 0 Å². The van der Waals surface area contributed by atoms with Crippen LogP contribution in [0.15, 0.2) is 72.3 Å². The van der Waals surface area contributed by atoms with Gasteiger partial charge in [-0.25, -0.2) is 4.79 Å². The summed E-state index contributed by atoms with van der Waals surface area (Å²) in [4.78, 5) is 24.8. The highest BCUT2D eigenvalue weighted by Crippen LogP contribution is 2.32. The molecule has 2 aromatic rings. The van der Waals surface area contributed by atoms with E-state index in [1.807, 2.05) is 54.6 Å². The van der Waals surface area contributed by atoms with Crippen LogP contribution in [-0.4, -0.2) is 22.0 Å². The molecule has 0 spiro atoms. The first-order chi connectivity index (χ1) is 14.9. The molecule has 31 heavy (non-hydrogen) atoms. The number of Topliss-reactive ketones (excluding diaryl/α,β-unsaturated/α-hetero) is 1. The van der Waals surface area contributed by atoms with Crippen LogP contribution >= 0.6 is 0 Å². The summed E-state index contributed by atoms with van der Waals surface area (Å²) in [6, 6.07) is 11.9. The molecule has 1 aliphatic heterocycles. The molecule has 1 aliphatic rings. The van der Waals surface area contributed by atoms with Gasteiger partial charge in [-0.05, 0) is 42.5 Å². The van der Waals surface area contributed by atoms with Crippen LogP contribution in [0.2, 0.25) is 0 Å². The molecule has 0 radical (unpaired) electrons. The Bertz CT molecular complexity index is 1030. The molecule has 0 fully saturated rings. The first kappa shape index (κ1) is 22.1. The zero-order valence-electron chi connectivity index (χ0n) is 17.5. The van der Waals surface area contributed by atoms with E-state index >= 15 is 0 Å². The van der Waals surface area contributed by atoms with Gasteiger partial charge in [-0.2, -0.15) is 0 Å². The van der Waals surface area contributed by atoms with Crippen molar-refractivity contribution in [2.75, 3.05) is 0 Å². The summed E-state index contributed by atoms with van der Waals surface area (Å²) >= 11 is 0. The van der Waals surface area contributed by atoms with E-state index in [1.54, 1.807) is 6.08 Å². The Morgan fingerprint density at radius 1 is 1.06 bits per heavy atom. The first-order valence-corrected chi connectivity index (χ1v) is 10.3. The molecule has 1 atom stereocenters. The maximum Gasteiger partial charge on any atom is 0.343 e. The van der Waals surface area contributed by atoms with Crippen molar-refractivity contribution in [2.24, 2.45) is 0 Å². The Morgan fingerprint density at radius 2 is 1.81 bits per heavy atom. The van der Waals surface area contributed by atoms with E-state index < -0.39 is 12.1 Å². The van der Waals surface area contributed by atoms with Crippen LogP contribution in [0, 0.1) is 0 Å². The topological polar surface area (TPSA) is 83.8 Å². The molecule has 2 N–H and O–H groups in total. The van der Waals surface area contributed by atoms with Crippen molar-refractivity contribution >= 4 is 17.8 Å². The predicted molar refractivity (Wildman–Crippen MR) is 120 cm³/mol. The number of cyclic esters (lactones) is 1.